The number of aromatic amines is 1. The van der Waals surface area contributed by atoms with Gasteiger partial charge in [0.05, 0.1) is 16.9 Å². The number of hydrogen-bond donors (Lipinski definition) is 7. The summed E-state index contributed by atoms with van der Waals surface area (Å²) in [4.78, 5) is 80.7. The number of benzene rings is 2. The molecule has 47 heavy (non-hydrogen) atoms. The molecular formula is C32H37N5O10. The summed E-state index contributed by atoms with van der Waals surface area (Å²) < 4.78 is 0. The highest BCUT2D eigenvalue weighted by Gasteiger charge is 2.29. The third kappa shape index (κ3) is 8.49. The van der Waals surface area contributed by atoms with Crippen LogP contribution in [0.2, 0.25) is 0 Å². The number of aliphatic hydroxyl groups is 1. The van der Waals surface area contributed by atoms with E-state index in [0.717, 1.165) is 29.7 Å². The number of carbonyl (C=O) groups is 5. The summed E-state index contributed by atoms with van der Waals surface area (Å²) in [7, 11) is 0. The van der Waals surface area contributed by atoms with Crippen molar-refractivity contribution in [3.8, 4) is 0 Å². The fourth-order valence-electron chi connectivity index (χ4n) is 5.81. The molecule has 250 valence electrons. The number of aryl methyl sites for hydroxylation is 1. The van der Waals surface area contributed by atoms with E-state index in [0.29, 0.717) is 17.4 Å². The minimum atomic E-state index is -1.38. The summed E-state index contributed by atoms with van der Waals surface area (Å²) in [5.41, 5.74) is 3.32. The number of aliphatic hydroxyl groups excluding tert-OH is 1. The molecule has 0 spiro atoms. The minimum Gasteiger partial charge on any atom is -0.481 e. The molecule has 0 saturated heterocycles. The van der Waals surface area contributed by atoms with Crippen LogP contribution in [0, 0.1) is 0 Å². The van der Waals surface area contributed by atoms with Crippen molar-refractivity contribution in [2.75, 3.05) is 11.4 Å². The number of rotatable bonds is 16. The highest BCUT2D eigenvalue weighted by atomic mass is 16.4. The van der Waals surface area contributed by atoms with E-state index in [4.69, 9.17) is 5.11 Å². The van der Waals surface area contributed by atoms with Crippen LogP contribution in [0.1, 0.15) is 78.8 Å². The zero-order chi connectivity index (χ0) is 34.2. The first-order chi connectivity index (χ1) is 22.4. The lowest BCUT2D eigenvalue weighted by atomic mass is 10.0. The van der Waals surface area contributed by atoms with E-state index in [-0.39, 0.29) is 55.3 Å². The molecule has 0 radical (unpaired) electrons. The topological polar surface area (TPSA) is 239 Å². The van der Waals surface area contributed by atoms with Gasteiger partial charge in [-0.05, 0) is 86.6 Å². The fourth-order valence-corrected chi connectivity index (χ4v) is 5.81. The largest absolute Gasteiger partial charge is 0.481 e. The number of fused-ring (bicyclic) bond motifs is 2. The molecule has 4 rings (SSSR count). The van der Waals surface area contributed by atoms with Gasteiger partial charge in [0.1, 0.15) is 24.5 Å². The number of nitrogens with one attached hydrogen (secondary N) is 3. The van der Waals surface area contributed by atoms with Crippen LogP contribution in [-0.4, -0.2) is 78.7 Å². The van der Waals surface area contributed by atoms with Gasteiger partial charge in [-0.15, -0.1) is 0 Å². The van der Waals surface area contributed by atoms with Gasteiger partial charge >= 0.3 is 17.9 Å². The summed E-state index contributed by atoms with van der Waals surface area (Å²) >= 11 is 0. The van der Waals surface area contributed by atoms with E-state index < -0.39 is 48.2 Å². The van der Waals surface area contributed by atoms with Crippen molar-refractivity contribution in [2.45, 2.75) is 76.6 Å². The first-order valence-corrected chi connectivity index (χ1v) is 15.2. The predicted octanol–water partition coefficient (Wildman–Crippen LogP) is 1.72. The Morgan fingerprint density at radius 2 is 1.66 bits per heavy atom. The summed E-state index contributed by atoms with van der Waals surface area (Å²) in [5, 5.41) is 42.1. The first kappa shape index (κ1) is 34.6. The second-order valence-electron chi connectivity index (χ2n) is 11.3. The maximum atomic E-state index is 12.9. The Balaban J connectivity index is 1.38. The molecule has 15 heteroatoms. The van der Waals surface area contributed by atoms with E-state index in [1.165, 1.54) is 0 Å². The minimum absolute atomic E-state index is 0.0292. The summed E-state index contributed by atoms with van der Waals surface area (Å²) in [6, 6.07) is 7.72. The predicted molar refractivity (Wildman–Crippen MR) is 168 cm³/mol. The Morgan fingerprint density at radius 3 is 2.28 bits per heavy atom. The van der Waals surface area contributed by atoms with Gasteiger partial charge in [0.15, 0.2) is 0 Å². The Morgan fingerprint density at radius 1 is 0.979 bits per heavy atom. The van der Waals surface area contributed by atoms with Gasteiger partial charge in [0, 0.05) is 30.6 Å². The van der Waals surface area contributed by atoms with Gasteiger partial charge in [-0.3, -0.25) is 19.2 Å². The number of hydrogen-bond acceptors (Lipinski definition) is 9. The third-order valence-corrected chi connectivity index (χ3v) is 8.17. The average Bonchev–Trinajstić information content (AvgIpc) is 3.44. The molecule has 15 nitrogen and oxygen atoms in total. The van der Waals surface area contributed by atoms with E-state index in [1.807, 2.05) is 19.1 Å². The molecule has 3 atom stereocenters. The Hall–Kier alpha value is -5.31. The SMILES string of the molecule is CCN(c1ccc(C(=O)N[C@@H](CCCC(=O)N[C@H](CCC(=O)O)C(=O)O)C(=O)O)cc1)[C@H]1CCc2cc3nc(CO)[nH]c(=O)c3cc21. The molecular weight excluding hydrogens is 614 g/mol. The number of anilines is 1. The zero-order valence-electron chi connectivity index (χ0n) is 25.7. The Labute approximate surface area is 268 Å². The van der Waals surface area contributed by atoms with Crippen molar-refractivity contribution in [2.24, 2.45) is 0 Å². The van der Waals surface area contributed by atoms with Gasteiger partial charge in [-0.2, -0.15) is 0 Å². The van der Waals surface area contributed by atoms with Crippen LogP contribution in [-0.2, 0) is 32.2 Å². The summed E-state index contributed by atoms with van der Waals surface area (Å²) in [6.07, 6.45) is 0.548. The fraction of sp³-hybridized carbons (Fsp3) is 0.406. The number of H-pyrrole nitrogens is 1. The number of aliphatic carboxylic acids is 3. The van der Waals surface area contributed by atoms with E-state index in [2.05, 4.69) is 25.5 Å². The van der Waals surface area contributed by atoms with Crippen molar-refractivity contribution in [3.05, 3.63) is 69.3 Å². The standard InChI is InChI=1S/C32H37N5O10/c1-2-37(25-12-8-18-14-24-21(15-20(18)25)30(43)36-26(16-38)33-24)19-9-6-17(7-10-19)29(42)35-22(31(44)45)4-3-5-27(39)34-23(32(46)47)11-13-28(40)41/h6-7,9-10,14-15,22-23,25,38H,2-5,8,11-13,16H2,1H3,(H,34,39)(H,35,42)(H,40,41)(H,44,45)(H,46,47)(H,33,36,43)/t22-,23+,25-/m0/s1. The third-order valence-electron chi connectivity index (χ3n) is 8.17. The van der Waals surface area contributed by atoms with Crippen LogP contribution >= 0.6 is 0 Å². The number of aromatic nitrogens is 2. The molecule has 0 saturated carbocycles. The van der Waals surface area contributed by atoms with Crippen LogP contribution in [0.15, 0.2) is 41.2 Å². The lowest BCUT2D eigenvalue weighted by Gasteiger charge is -2.31. The number of amides is 2. The molecule has 2 amide bonds. The maximum Gasteiger partial charge on any atom is 0.326 e. The Kier molecular flexibility index (Phi) is 11.3. The highest BCUT2D eigenvalue weighted by molar-refractivity contribution is 5.97. The van der Waals surface area contributed by atoms with Crippen LogP contribution in [0.3, 0.4) is 0 Å². The number of carboxylic acid groups (broad SMARTS) is 3. The molecule has 3 aromatic rings. The van der Waals surface area contributed by atoms with Gasteiger partial charge < -0.3 is 40.9 Å². The van der Waals surface area contributed by atoms with E-state index in [9.17, 15) is 44.1 Å². The molecule has 7 N–H and O–H groups in total. The molecule has 0 bridgehead atoms. The van der Waals surface area contributed by atoms with Gasteiger partial charge in [-0.25, -0.2) is 14.6 Å². The normalized spacial score (nSPS) is 15.0. The number of carboxylic acids is 3. The molecule has 1 heterocycles. The molecule has 1 aromatic heterocycles. The molecule has 0 aliphatic heterocycles. The van der Waals surface area contributed by atoms with Crippen LogP contribution in [0.4, 0.5) is 5.69 Å². The van der Waals surface area contributed by atoms with Crippen molar-refractivity contribution in [3.63, 3.8) is 0 Å². The zero-order valence-corrected chi connectivity index (χ0v) is 25.7. The van der Waals surface area contributed by atoms with Crippen molar-refractivity contribution in [1.29, 1.82) is 0 Å². The number of nitrogens with zero attached hydrogens (tertiary/aromatic N) is 2. The van der Waals surface area contributed by atoms with E-state index >= 15 is 0 Å². The summed E-state index contributed by atoms with van der Waals surface area (Å²) in [6.45, 7) is 2.26. The van der Waals surface area contributed by atoms with Gasteiger partial charge in [-0.1, -0.05) is 0 Å². The van der Waals surface area contributed by atoms with E-state index in [1.54, 1.807) is 24.3 Å². The van der Waals surface area contributed by atoms with Crippen LogP contribution in [0.25, 0.3) is 10.9 Å². The second kappa shape index (κ2) is 15.3. The van der Waals surface area contributed by atoms with Gasteiger partial charge in [0.2, 0.25) is 5.91 Å². The molecule has 1 aliphatic carbocycles. The second-order valence-corrected chi connectivity index (χ2v) is 11.3. The van der Waals surface area contributed by atoms with Crippen LogP contribution < -0.4 is 21.1 Å². The molecule has 0 fully saturated rings. The monoisotopic (exact) mass is 651 g/mol. The van der Waals surface area contributed by atoms with Crippen molar-refractivity contribution < 1.29 is 44.4 Å². The van der Waals surface area contributed by atoms with Crippen LogP contribution in [0.5, 0.6) is 0 Å². The summed E-state index contributed by atoms with van der Waals surface area (Å²) in [5.74, 6) is -4.97. The lowest BCUT2D eigenvalue weighted by molar-refractivity contribution is -0.143. The smallest absolute Gasteiger partial charge is 0.326 e. The van der Waals surface area contributed by atoms with Crippen molar-refractivity contribution >= 4 is 46.3 Å². The quantitative estimate of drug-likeness (QED) is 0.117. The first-order valence-electron chi connectivity index (χ1n) is 15.2. The Bertz CT molecular complexity index is 1720. The molecule has 0 unspecified atom stereocenters. The number of carbonyl (C=O) groups excluding carboxylic acids is 2. The lowest BCUT2D eigenvalue weighted by Crippen LogP contribution is -2.42. The van der Waals surface area contributed by atoms with Crippen molar-refractivity contribution in [1.82, 2.24) is 20.6 Å². The maximum absolute atomic E-state index is 12.9. The molecule has 1 aliphatic rings. The van der Waals surface area contributed by atoms with Gasteiger partial charge in [0.25, 0.3) is 11.5 Å². The highest BCUT2D eigenvalue weighted by Crippen LogP contribution is 2.39. The molecule has 2 aromatic carbocycles. The average molecular weight is 652 g/mol.